The smallest absolute Gasteiger partial charge is 0.223 e. The fourth-order valence-corrected chi connectivity index (χ4v) is 2.11. The molecule has 0 bridgehead atoms. The topological polar surface area (TPSA) is 58.6 Å². The molecule has 2 N–H and O–H groups in total. The summed E-state index contributed by atoms with van der Waals surface area (Å²) < 4.78 is 5.60. The van der Waals surface area contributed by atoms with Crippen LogP contribution in [-0.2, 0) is 4.79 Å². The molecular formula is C17H27NO3. The molecule has 1 amide bonds. The van der Waals surface area contributed by atoms with E-state index in [9.17, 15) is 9.90 Å². The molecule has 0 aliphatic rings. The molecule has 1 aromatic rings. The highest BCUT2D eigenvalue weighted by Crippen LogP contribution is 2.17. The Hall–Kier alpha value is -1.55. The molecule has 0 aromatic heterocycles. The molecule has 0 fully saturated rings. The van der Waals surface area contributed by atoms with Crippen LogP contribution in [0.4, 0.5) is 0 Å². The van der Waals surface area contributed by atoms with Gasteiger partial charge in [-0.3, -0.25) is 4.79 Å². The number of hydrogen-bond donors (Lipinski definition) is 2. The number of amides is 1. The number of aryl methyl sites for hydroxylation is 2. The zero-order chi connectivity index (χ0) is 15.9. The molecular weight excluding hydrogens is 266 g/mol. The monoisotopic (exact) mass is 293 g/mol. The molecule has 21 heavy (non-hydrogen) atoms. The van der Waals surface area contributed by atoms with Crippen LogP contribution in [0.25, 0.3) is 0 Å². The van der Waals surface area contributed by atoms with Gasteiger partial charge in [0, 0.05) is 0 Å². The Morgan fingerprint density at radius 3 is 2.43 bits per heavy atom. The molecule has 118 valence electrons. The molecule has 0 aliphatic carbocycles. The second kappa shape index (κ2) is 8.03. The second-order valence-electron chi connectivity index (χ2n) is 5.54. The minimum absolute atomic E-state index is 0.0379. The average molecular weight is 293 g/mol. The maximum Gasteiger partial charge on any atom is 0.223 e. The van der Waals surface area contributed by atoms with Gasteiger partial charge in [0.05, 0.1) is 25.2 Å². The normalized spacial score (nSPS) is 11.3. The fraction of sp³-hybridized carbons (Fsp3) is 0.588. The minimum atomic E-state index is -0.502. The van der Waals surface area contributed by atoms with Gasteiger partial charge in [0.25, 0.3) is 0 Å². The molecule has 0 saturated heterocycles. The number of rotatable bonds is 8. The highest BCUT2D eigenvalue weighted by molar-refractivity contribution is 5.76. The molecule has 4 nitrogen and oxygen atoms in total. The van der Waals surface area contributed by atoms with Crippen LogP contribution in [0, 0.1) is 13.8 Å². The summed E-state index contributed by atoms with van der Waals surface area (Å²) >= 11 is 0. The molecule has 0 aliphatic heterocycles. The number of benzene rings is 1. The van der Waals surface area contributed by atoms with Gasteiger partial charge in [-0.2, -0.15) is 0 Å². The van der Waals surface area contributed by atoms with Crippen molar-refractivity contribution >= 4 is 5.91 Å². The van der Waals surface area contributed by atoms with E-state index in [0.29, 0.717) is 19.4 Å². The quantitative estimate of drug-likeness (QED) is 0.775. The molecule has 0 atom stereocenters. The number of aliphatic hydroxyl groups is 1. The molecule has 1 rings (SSSR count). The average Bonchev–Trinajstić information content (AvgIpc) is 2.48. The Kier molecular flexibility index (Phi) is 6.69. The van der Waals surface area contributed by atoms with Gasteiger partial charge in [-0.1, -0.05) is 19.9 Å². The highest BCUT2D eigenvalue weighted by atomic mass is 16.5. The van der Waals surface area contributed by atoms with Crippen LogP contribution < -0.4 is 10.1 Å². The first kappa shape index (κ1) is 17.5. The summed E-state index contributed by atoms with van der Waals surface area (Å²) in [7, 11) is 0. The number of hydrogen-bond acceptors (Lipinski definition) is 3. The summed E-state index contributed by atoms with van der Waals surface area (Å²) in [4.78, 5) is 11.9. The highest BCUT2D eigenvalue weighted by Gasteiger charge is 2.26. The summed E-state index contributed by atoms with van der Waals surface area (Å²) in [6.07, 6.45) is 1.71. The zero-order valence-electron chi connectivity index (χ0n) is 13.5. The maximum atomic E-state index is 11.9. The molecule has 4 heteroatoms. The van der Waals surface area contributed by atoms with Gasteiger partial charge in [-0.05, 0) is 49.9 Å². The molecule has 0 heterocycles. The van der Waals surface area contributed by atoms with Gasteiger partial charge in [0.1, 0.15) is 5.75 Å². The van der Waals surface area contributed by atoms with E-state index in [-0.39, 0.29) is 18.9 Å². The van der Waals surface area contributed by atoms with Crippen molar-refractivity contribution in [2.24, 2.45) is 0 Å². The van der Waals surface area contributed by atoms with Gasteiger partial charge in [0.15, 0.2) is 0 Å². The van der Waals surface area contributed by atoms with Gasteiger partial charge < -0.3 is 15.2 Å². The summed E-state index contributed by atoms with van der Waals surface area (Å²) in [6.45, 7) is 8.31. The van der Waals surface area contributed by atoms with Crippen LogP contribution in [0.5, 0.6) is 5.75 Å². The van der Waals surface area contributed by atoms with Crippen LogP contribution >= 0.6 is 0 Å². The van der Waals surface area contributed by atoms with Crippen LogP contribution in [0.2, 0.25) is 0 Å². The van der Waals surface area contributed by atoms with Gasteiger partial charge >= 0.3 is 0 Å². The van der Waals surface area contributed by atoms with E-state index in [4.69, 9.17) is 4.74 Å². The second-order valence-corrected chi connectivity index (χ2v) is 5.54. The fourth-order valence-electron chi connectivity index (χ4n) is 2.11. The number of nitrogens with one attached hydrogen (secondary N) is 1. The molecule has 0 spiro atoms. The zero-order valence-corrected chi connectivity index (χ0v) is 13.5. The van der Waals surface area contributed by atoms with Gasteiger partial charge in [-0.25, -0.2) is 0 Å². The van der Waals surface area contributed by atoms with Crippen LogP contribution in [0.15, 0.2) is 18.2 Å². The number of carbonyl (C=O) groups is 1. The van der Waals surface area contributed by atoms with Crippen LogP contribution in [0.3, 0.4) is 0 Å². The third kappa shape index (κ3) is 5.05. The Morgan fingerprint density at radius 1 is 1.24 bits per heavy atom. The molecule has 0 unspecified atom stereocenters. The van der Waals surface area contributed by atoms with Crippen molar-refractivity contribution in [2.75, 3.05) is 13.2 Å². The Bertz CT molecular complexity index is 459. The predicted octanol–water partition coefficient (Wildman–Crippen LogP) is 2.74. The van der Waals surface area contributed by atoms with E-state index in [1.54, 1.807) is 0 Å². The van der Waals surface area contributed by atoms with E-state index in [1.165, 1.54) is 11.1 Å². The predicted molar refractivity (Wildman–Crippen MR) is 84.6 cm³/mol. The van der Waals surface area contributed by atoms with Gasteiger partial charge in [0.2, 0.25) is 5.91 Å². The number of carbonyl (C=O) groups excluding carboxylic acids is 1. The third-order valence-corrected chi connectivity index (χ3v) is 4.14. The van der Waals surface area contributed by atoms with E-state index in [0.717, 1.165) is 5.75 Å². The summed E-state index contributed by atoms with van der Waals surface area (Å²) in [5.74, 6) is 0.696. The molecule has 1 aromatic carbocycles. The van der Waals surface area contributed by atoms with E-state index in [2.05, 4.69) is 12.2 Å². The first-order valence-corrected chi connectivity index (χ1v) is 7.58. The lowest BCUT2D eigenvalue weighted by molar-refractivity contribution is -0.124. The van der Waals surface area contributed by atoms with Crippen molar-refractivity contribution in [1.29, 1.82) is 0 Å². The van der Waals surface area contributed by atoms with E-state index in [1.807, 2.05) is 39.0 Å². The van der Waals surface area contributed by atoms with Crippen molar-refractivity contribution < 1.29 is 14.6 Å². The third-order valence-electron chi connectivity index (χ3n) is 4.14. The molecule has 0 radical (unpaired) electrons. The first-order chi connectivity index (χ1) is 9.96. The van der Waals surface area contributed by atoms with Crippen molar-refractivity contribution in [3.8, 4) is 5.75 Å². The van der Waals surface area contributed by atoms with Crippen molar-refractivity contribution in [1.82, 2.24) is 5.32 Å². The van der Waals surface area contributed by atoms with Gasteiger partial charge in [-0.15, -0.1) is 0 Å². The van der Waals surface area contributed by atoms with E-state index >= 15 is 0 Å². The molecule has 0 saturated carbocycles. The van der Waals surface area contributed by atoms with E-state index < -0.39 is 5.54 Å². The Balaban J connectivity index is 2.44. The largest absolute Gasteiger partial charge is 0.493 e. The minimum Gasteiger partial charge on any atom is -0.493 e. The number of aliphatic hydroxyl groups excluding tert-OH is 1. The van der Waals surface area contributed by atoms with Crippen LogP contribution in [-0.4, -0.2) is 29.8 Å². The SMILES string of the molecule is CCC(CC)(CO)NC(=O)CCOc1ccc(C)c(C)c1. The lowest BCUT2D eigenvalue weighted by Gasteiger charge is -2.30. The first-order valence-electron chi connectivity index (χ1n) is 7.58. The Morgan fingerprint density at radius 2 is 1.90 bits per heavy atom. The van der Waals surface area contributed by atoms with Crippen molar-refractivity contribution in [3.63, 3.8) is 0 Å². The number of ether oxygens (including phenoxy) is 1. The van der Waals surface area contributed by atoms with Crippen molar-refractivity contribution in [3.05, 3.63) is 29.3 Å². The van der Waals surface area contributed by atoms with Crippen molar-refractivity contribution in [2.45, 2.75) is 52.5 Å². The Labute approximate surface area is 127 Å². The standard InChI is InChI=1S/C17H27NO3/c1-5-17(6-2,12-19)18-16(20)9-10-21-15-8-7-13(3)14(4)11-15/h7-8,11,19H,5-6,9-10,12H2,1-4H3,(H,18,20). The van der Waals surface area contributed by atoms with Crippen LogP contribution in [0.1, 0.15) is 44.2 Å². The summed E-state index contributed by atoms with van der Waals surface area (Å²) in [6, 6.07) is 5.90. The lowest BCUT2D eigenvalue weighted by atomic mass is 9.94. The maximum absolute atomic E-state index is 11.9. The summed E-state index contributed by atoms with van der Waals surface area (Å²) in [5, 5.41) is 12.4. The summed E-state index contributed by atoms with van der Waals surface area (Å²) in [5.41, 5.74) is 1.89. The lowest BCUT2D eigenvalue weighted by Crippen LogP contribution is -2.50.